The van der Waals surface area contributed by atoms with Crippen molar-refractivity contribution < 1.29 is 121 Å². The van der Waals surface area contributed by atoms with E-state index in [2.05, 4.69) is 38.3 Å². The number of ether oxygens (including phenoxy) is 6. The number of amides is 2. The van der Waals surface area contributed by atoms with E-state index in [0.717, 1.165) is 180 Å². The van der Waals surface area contributed by atoms with Crippen LogP contribution in [0.4, 0.5) is 0 Å². The molecule has 2 heterocycles. The van der Waals surface area contributed by atoms with Gasteiger partial charge in [-0.25, -0.2) is 9.13 Å². The summed E-state index contributed by atoms with van der Waals surface area (Å²) in [4.78, 5) is 110. The molecule has 582 valence electrons. The molecule has 29 heteroatoms. The molecule has 0 radical (unpaired) electrons. The Morgan fingerprint density at radius 2 is 0.737 bits per heavy atom. The highest BCUT2D eigenvalue weighted by atomic mass is 31.2. The van der Waals surface area contributed by atoms with Crippen LogP contribution in [0.1, 0.15) is 311 Å². The molecule has 0 aromatic rings. The van der Waals surface area contributed by atoms with E-state index in [0.29, 0.717) is 44.9 Å². The number of carbonyl (C=O) groups is 5. The van der Waals surface area contributed by atoms with Gasteiger partial charge in [-0.1, -0.05) is 234 Å². The summed E-state index contributed by atoms with van der Waals surface area (Å²) in [6.45, 7) is 8.45. The molecule has 27 nitrogen and oxygen atoms in total. The van der Waals surface area contributed by atoms with Gasteiger partial charge in [0.05, 0.1) is 63.6 Å². The first kappa shape index (κ1) is 92.3. The number of esters is 3. The van der Waals surface area contributed by atoms with E-state index in [1.165, 1.54) is 0 Å². The van der Waals surface area contributed by atoms with Gasteiger partial charge < -0.3 is 89.3 Å². The zero-order chi connectivity index (χ0) is 73.4. The number of unbranched alkanes of at least 4 members (excludes halogenated alkanes) is 28. The van der Waals surface area contributed by atoms with Crippen molar-refractivity contribution in [3.63, 3.8) is 0 Å². The second kappa shape index (κ2) is 54.8. The fourth-order valence-electron chi connectivity index (χ4n) is 12.6. The number of aliphatic hydroxyl groups excluding tert-OH is 6. The number of rotatable bonds is 61. The summed E-state index contributed by atoms with van der Waals surface area (Å²) in [5, 5.41) is 72.3. The first-order chi connectivity index (χ1) is 47.3. The lowest BCUT2D eigenvalue weighted by atomic mass is 9.95. The van der Waals surface area contributed by atoms with Crippen molar-refractivity contribution in [2.75, 3.05) is 13.2 Å². The van der Waals surface area contributed by atoms with Crippen LogP contribution in [0.5, 0.6) is 0 Å². The summed E-state index contributed by atoms with van der Waals surface area (Å²) in [6, 6.07) is -3.84. The molecule has 12 N–H and O–H groups in total. The van der Waals surface area contributed by atoms with Crippen molar-refractivity contribution >= 4 is 45.4 Å². The van der Waals surface area contributed by atoms with Crippen molar-refractivity contribution in [1.29, 1.82) is 0 Å². The molecule has 0 aromatic heterocycles. The first-order valence-electron chi connectivity index (χ1n) is 37.9. The molecule has 0 unspecified atom stereocenters. The van der Waals surface area contributed by atoms with Crippen molar-refractivity contribution in [3.05, 3.63) is 0 Å². The first-order valence-corrected chi connectivity index (χ1v) is 40.9. The maximum absolute atomic E-state index is 14.4. The summed E-state index contributed by atoms with van der Waals surface area (Å²) in [6.07, 6.45) is 7.76. The molecule has 2 aliphatic rings. The highest BCUT2D eigenvalue weighted by Crippen LogP contribution is 2.43. The highest BCUT2D eigenvalue weighted by molar-refractivity contribution is 7.46. The lowest BCUT2D eigenvalue weighted by molar-refractivity contribution is -0.295. The highest BCUT2D eigenvalue weighted by Gasteiger charge is 2.53. The monoisotopic (exact) mass is 1460 g/mol. The normalized spacial score (nSPS) is 22.8. The van der Waals surface area contributed by atoms with Crippen LogP contribution in [-0.4, -0.2) is 185 Å². The summed E-state index contributed by atoms with van der Waals surface area (Å²) in [5.41, 5.74) is 0. The largest absolute Gasteiger partial charge is 0.472 e. The Morgan fingerprint density at radius 3 is 1.10 bits per heavy atom. The fourth-order valence-corrected chi connectivity index (χ4v) is 13.6. The van der Waals surface area contributed by atoms with Crippen LogP contribution in [0.3, 0.4) is 0 Å². The van der Waals surface area contributed by atoms with Crippen LogP contribution in [0, 0.1) is 0 Å². The third-order valence-corrected chi connectivity index (χ3v) is 19.2. The van der Waals surface area contributed by atoms with Crippen LogP contribution >= 0.6 is 15.6 Å². The number of carbonyl (C=O) groups excluding carboxylic acids is 5. The maximum atomic E-state index is 14.4. The molecule has 2 amide bonds. The van der Waals surface area contributed by atoms with Crippen molar-refractivity contribution in [2.45, 2.75) is 403 Å². The Morgan fingerprint density at radius 1 is 0.404 bits per heavy atom. The number of nitrogens with one attached hydrogen (secondary N) is 2. The van der Waals surface area contributed by atoms with E-state index in [1.54, 1.807) is 0 Å². The molecule has 2 fully saturated rings. The van der Waals surface area contributed by atoms with Gasteiger partial charge in [0.1, 0.15) is 54.8 Å². The van der Waals surface area contributed by atoms with Crippen molar-refractivity contribution in [3.8, 4) is 0 Å². The standard InChI is InChI=1S/C70H132N2O25P2/c1-6-11-16-21-25-30-35-40-51(74)44-60(79)91-54(42-37-32-27-23-18-13-8-3)47-58(77)71-63-66(83)67(96-98(84,85)86)56(49-73)93-69(63)90-50-57-65(82)68(95-62(81)46-53(76)39-34-29-20-15-10-5)64(70(94-57)97-99(87,88)89)72-59(78)48-55(43-38-33-28-24-19-14-9-4)92-61(80)45-52(75)41-36-31-26-22-17-12-7-2/h51-57,63-70,73-76,82-83H,6-50H2,1-5H3,(H,71,77)(H,72,78)(H2,84,85,86)(H2,87,88,89)/t51-,52-,53-,54-,55-,56-,57-,63-,64-,65-,66-,67-,68-,69-,70-/m1/s1. The Hall–Kier alpha value is -2.79. The number of phosphoric ester groups is 2. The molecule has 0 spiro atoms. The molecule has 2 aliphatic heterocycles. The lowest BCUT2D eigenvalue weighted by Crippen LogP contribution is -2.67. The number of hydrogen-bond acceptors (Lipinski definition) is 21. The Bertz CT molecular complexity index is 2230. The number of hydrogen-bond donors (Lipinski definition) is 12. The molecule has 0 saturated carbocycles. The van der Waals surface area contributed by atoms with E-state index < -0.39 is 170 Å². The molecule has 15 atom stereocenters. The van der Waals surface area contributed by atoms with Crippen LogP contribution in [0.25, 0.3) is 0 Å². The molecular weight excluding hydrogens is 1330 g/mol. The predicted octanol–water partition coefficient (Wildman–Crippen LogP) is 10.4. The van der Waals surface area contributed by atoms with E-state index in [1.807, 2.05) is 6.92 Å². The van der Waals surface area contributed by atoms with Crippen LogP contribution < -0.4 is 10.6 Å². The van der Waals surface area contributed by atoms with Crippen LogP contribution in [0.15, 0.2) is 0 Å². The van der Waals surface area contributed by atoms with Crippen molar-refractivity contribution in [1.82, 2.24) is 10.6 Å². The molecule has 99 heavy (non-hydrogen) atoms. The number of aliphatic hydroxyl groups is 6. The SMILES string of the molecule is CCCCCCCCC[C@@H](O)CC(=O)O[C@H](CCCCCCCCC)CC(=O)N[C@H]1[C@H](OC[C@H]2O[C@H](OP(=O)(O)O)[C@H](NC(=O)C[C@@H](CCCCCCCCC)OC(=O)C[C@H](O)CCCCCCCCC)[C@@H](OC(=O)C[C@H](O)CCCCCCC)[C@@H]2O)O[C@H](CO)[C@@H](OP(=O)(O)O)[C@@H]1O. The van der Waals surface area contributed by atoms with Gasteiger partial charge in [-0.3, -0.25) is 33.0 Å². The van der Waals surface area contributed by atoms with E-state index in [-0.39, 0.29) is 32.1 Å². The fraction of sp³-hybridized carbons (Fsp3) is 0.929. The van der Waals surface area contributed by atoms with E-state index >= 15 is 0 Å². The Kier molecular flexibility index (Phi) is 51.1. The quantitative estimate of drug-likeness (QED) is 0.0116. The minimum absolute atomic E-state index is 0.180. The third kappa shape index (κ3) is 43.9. The Labute approximate surface area is 590 Å². The predicted molar refractivity (Wildman–Crippen MR) is 371 cm³/mol. The second-order valence-corrected chi connectivity index (χ2v) is 29.8. The van der Waals surface area contributed by atoms with Gasteiger partial charge in [0.25, 0.3) is 0 Å². The summed E-state index contributed by atoms with van der Waals surface area (Å²) in [5.74, 6) is -4.50. The van der Waals surface area contributed by atoms with Gasteiger partial charge in [-0.15, -0.1) is 0 Å². The van der Waals surface area contributed by atoms with Crippen molar-refractivity contribution in [2.24, 2.45) is 0 Å². The third-order valence-electron chi connectivity index (χ3n) is 18.2. The topological polar surface area (TPSA) is 420 Å². The zero-order valence-corrected chi connectivity index (χ0v) is 62.3. The molecular formula is C70H132N2O25P2. The Balaban J connectivity index is 2.58. The summed E-state index contributed by atoms with van der Waals surface area (Å²) < 4.78 is 70.6. The zero-order valence-electron chi connectivity index (χ0n) is 60.5. The van der Waals surface area contributed by atoms with Gasteiger partial charge in [0.15, 0.2) is 18.7 Å². The molecule has 2 rings (SSSR count). The molecule has 0 aromatic carbocycles. The average Bonchev–Trinajstić information content (AvgIpc) is 0.790. The molecule has 0 aliphatic carbocycles. The van der Waals surface area contributed by atoms with Gasteiger partial charge in [0, 0.05) is 0 Å². The van der Waals surface area contributed by atoms with Gasteiger partial charge >= 0.3 is 33.6 Å². The molecule has 2 saturated heterocycles. The maximum Gasteiger partial charge on any atom is 0.472 e. The minimum Gasteiger partial charge on any atom is -0.462 e. The van der Waals surface area contributed by atoms with Gasteiger partial charge in [-0.2, -0.15) is 0 Å². The van der Waals surface area contributed by atoms with E-state index in [4.69, 9.17) is 37.5 Å². The van der Waals surface area contributed by atoms with E-state index in [9.17, 15) is 83.3 Å². The number of phosphoric acid groups is 2. The lowest BCUT2D eigenvalue weighted by Gasteiger charge is -2.46. The average molecular weight is 1460 g/mol. The summed E-state index contributed by atoms with van der Waals surface area (Å²) >= 11 is 0. The summed E-state index contributed by atoms with van der Waals surface area (Å²) in [7, 11) is -11.2. The van der Waals surface area contributed by atoms with Crippen LogP contribution in [0.2, 0.25) is 0 Å². The van der Waals surface area contributed by atoms with Gasteiger partial charge in [-0.05, 0) is 44.9 Å². The van der Waals surface area contributed by atoms with Crippen LogP contribution in [-0.2, 0) is 70.6 Å². The molecule has 0 bridgehead atoms. The smallest absolute Gasteiger partial charge is 0.462 e. The minimum atomic E-state index is -5.67. The second-order valence-electron chi connectivity index (χ2n) is 27.4. The van der Waals surface area contributed by atoms with Gasteiger partial charge in [0.2, 0.25) is 11.8 Å².